The van der Waals surface area contributed by atoms with Crippen LogP contribution in [-0.4, -0.2) is 26.3 Å². The van der Waals surface area contributed by atoms with Crippen LogP contribution in [0.25, 0.3) is 0 Å². The van der Waals surface area contributed by atoms with Crippen molar-refractivity contribution in [2.45, 2.75) is 26.7 Å². The molecule has 0 aromatic heterocycles. The fourth-order valence-corrected chi connectivity index (χ4v) is 1.47. The number of hydrogen-bond acceptors (Lipinski definition) is 2. The molecular weight excluding hydrogens is 138 g/mol. The molecule has 1 rings (SSSR count). The zero-order valence-electron chi connectivity index (χ0n) is 7.65. The summed E-state index contributed by atoms with van der Waals surface area (Å²) in [7, 11) is 0. The van der Waals surface area contributed by atoms with Crippen LogP contribution in [0.2, 0.25) is 0 Å². The zero-order valence-corrected chi connectivity index (χ0v) is 7.65. The molecule has 0 aromatic rings. The summed E-state index contributed by atoms with van der Waals surface area (Å²) in [5.41, 5.74) is 0.494. The first-order valence-corrected chi connectivity index (χ1v) is 4.55. The second kappa shape index (κ2) is 4.07. The van der Waals surface area contributed by atoms with Crippen molar-refractivity contribution in [3.8, 4) is 0 Å². The summed E-state index contributed by atoms with van der Waals surface area (Å²) in [5.74, 6) is 0. The topological polar surface area (TPSA) is 21.3 Å². The van der Waals surface area contributed by atoms with E-state index in [9.17, 15) is 0 Å². The van der Waals surface area contributed by atoms with Gasteiger partial charge < -0.3 is 10.1 Å². The third kappa shape index (κ3) is 2.80. The maximum atomic E-state index is 5.32. The van der Waals surface area contributed by atoms with Crippen LogP contribution in [0.5, 0.6) is 0 Å². The van der Waals surface area contributed by atoms with Gasteiger partial charge in [-0.05, 0) is 24.8 Å². The number of hydrogen-bond donors (Lipinski definition) is 1. The van der Waals surface area contributed by atoms with E-state index in [-0.39, 0.29) is 0 Å². The molecule has 0 unspecified atom stereocenters. The van der Waals surface area contributed by atoms with E-state index >= 15 is 0 Å². The van der Waals surface area contributed by atoms with E-state index in [0.29, 0.717) is 5.41 Å². The van der Waals surface area contributed by atoms with Crippen LogP contribution in [0.15, 0.2) is 0 Å². The summed E-state index contributed by atoms with van der Waals surface area (Å²) in [6, 6.07) is 0. The predicted octanol–water partition coefficient (Wildman–Crippen LogP) is 1.41. The molecule has 0 radical (unpaired) electrons. The summed E-state index contributed by atoms with van der Waals surface area (Å²) >= 11 is 0. The molecule has 0 atom stereocenters. The molecule has 0 amide bonds. The molecule has 66 valence electrons. The normalized spacial score (nSPS) is 23.5. The van der Waals surface area contributed by atoms with Gasteiger partial charge in [0, 0.05) is 19.8 Å². The quantitative estimate of drug-likeness (QED) is 0.669. The number of ether oxygens (including phenoxy) is 1. The lowest BCUT2D eigenvalue weighted by Crippen LogP contribution is -2.36. The first-order chi connectivity index (χ1) is 5.27. The van der Waals surface area contributed by atoms with Gasteiger partial charge in [0.05, 0.1) is 0 Å². The molecule has 1 fully saturated rings. The highest BCUT2D eigenvalue weighted by Crippen LogP contribution is 2.28. The van der Waals surface area contributed by atoms with Gasteiger partial charge in [0.15, 0.2) is 0 Å². The Morgan fingerprint density at radius 3 is 2.55 bits per heavy atom. The zero-order chi connectivity index (χ0) is 8.16. The minimum atomic E-state index is 0.494. The van der Waals surface area contributed by atoms with Crippen molar-refractivity contribution in [3.05, 3.63) is 0 Å². The lowest BCUT2D eigenvalue weighted by atomic mass is 9.82. The average Bonchev–Trinajstić information content (AvgIpc) is 2.03. The highest BCUT2D eigenvalue weighted by atomic mass is 16.5. The first kappa shape index (κ1) is 9.01. The van der Waals surface area contributed by atoms with Crippen molar-refractivity contribution in [2.75, 3.05) is 26.3 Å². The highest BCUT2D eigenvalue weighted by Gasteiger charge is 2.26. The number of nitrogens with one attached hydrogen (secondary N) is 1. The Morgan fingerprint density at radius 2 is 2.00 bits per heavy atom. The smallest absolute Gasteiger partial charge is 0.0471 e. The van der Waals surface area contributed by atoms with E-state index < -0.39 is 0 Å². The van der Waals surface area contributed by atoms with Crippen LogP contribution in [0.1, 0.15) is 26.7 Å². The molecule has 0 spiro atoms. The van der Waals surface area contributed by atoms with Gasteiger partial charge in [-0.1, -0.05) is 13.8 Å². The van der Waals surface area contributed by atoms with Gasteiger partial charge in [0.25, 0.3) is 0 Å². The molecule has 1 saturated heterocycles. The molecule has 0 saturated carbocycles. The van der Waals surface area contributed by atoms with Crippen LogP contribution >= 0.6 is 0 Å². The monoisotopic (exact) mass is 157 g/mol. The summed E-state index contributed by atoms with van der Waals surface area (Å²) < 4.78 is 5.32. The summed E-state index contributed by atoms with van der Waals surface area (Å²) in [6.07, 6.45) is 2.42. The van der Waals surface area contributed by atoms with Crippen LogP contribution in [0.3, 0.4) is 0 Å². The molecule has 1 heterocycles. The average molecular weight is 157 g/mol. The Hall–Kier alpha value is -0.0800. The second-order valence-corrected chi connectivity index (χ2v) is 3.70. The van der Waals surface area contributed by atoms with Crippen LogP contribution in [0.4, 0.5) is 0 Å². The summed E-state index contributed by atoms with van der Waals surface area (Å²) in [5, 5.41) is 3.40. The molecular formula is C9H19NO. The maximum Gasteiger partial charge on any atom is 0.0471 e. The van der Waals surface area contributed by atoms with Crippen molar-refractivity contribution < 1.29 is 4.74 Å². The van der Waals surface area contributed by atoms with E-state index in [1.165, 1.54) is 12.8 Å². The Balaban J connectivity index is 2.25. The molecule has 1 N–H and O–H groups in total. The van der Waals surface area contributed by atoms with Gasteiger partial charge in [0.1, 0.15) is 0 Å². The van der Waals surface area contributed by atoms with E-state index in [4.69, 9.17) is 4.74 Å². The Labute approximate surface area is 69.3 Å². The van der Waals surface area contributed by atoms with Gasteiger partial charge in [-0.15, -0.1) is 0 Å². The van der Waals surface area contributed by atoms with Gasteiger partial charge in [-0.3, -0.25) is 0 Å². The van der Waals surface area contributed by atoms with Crippen molar-refractivity contribution in [1.29, 1.82) is 0 Å². The van der Waals surface area contributed by atoms with Gasteiger partial charge >= 0.3 is 0 Å². The van der Waals surface area contributed by atoms with Crippen molar-refractivity contribution in [3.63, 3.8) is 0 Å². The van der Waals surface area contributed by atoms with Gasteiger partial charge in [-0.25, -0.2) is 0 Å². The lowest BCUT2D eigenvalue weighted by Gasteiger charge is -2.33. The van der Waals surface area contributed by atoms with Gasteiger partial charge in [-0.2, -0.15) is 0 Å². The van der Waals surface area contributed by atoms with Crippen LogP contribution < -0.4 is 5.32 Å². The van der Waals surface area contributed by atoms with Crippen molar-refractivity contribution >= 4 is 0 Å². The van der Waals surface area contributed by atoms with E-state index in [1.54, 1.807) is 0 Å². The van der Waals surface area contributed by atoms with Crippen LogP contribution in [-0.2, 0) is 4.74 Å². The lowest BCUT2D eigenvalue weighted by molar-refractivity contribution is 0.0244. The fraction of sp³-hybridized carbons (Fsp3) is 1.00. The Kier molecular flexibility index (Phi) is 3.34. The molecule has 2 heteroatoms. The predicted molar refractivity (Wildman–Crippen MR) is 46.7 cm³/mol. The molecule has 11 heavy (non-hydrogen) atoms. The fourth-order valence-electron chi connectivity index (χ4n) is 1.47. The second-order valence-electron chi connectivity index (χ2n) is 3.70. The standard InChI is InChI=1S/C9H19NO/c1-3-10-8-9(2)4-6-11-7-5-9/h10H,3-8H2,1-2H3. The molecule has 0 bridgehead atoms. The first-order valence-electron chi connectivity index (χ1n) is 4.55. The van der Waals surface area contributed by atoms with Crippen LogP contribution in [0, 0.1) is 5.41 Å². The Morgan fingerprint density at radius 1 is 1.36 bits per heavy atom. The number of rotatable bonds is 3. The SMILES string of the molecule is CCNCC1(C)CCOCC1. The highest BCUT2D eigenvalue weighted by molar-refractivity contribution is 4.78. The minimum Gasteiger partial charge on any atom is -0.381 e. The maximum absolute atomic E-state index is 5.32. The summed E-state index contributed by atoms with van der Waals surface area (Å²) in [6.45, 7) is 8.62. The van der Waals surface area contributed by atoms with E-state index in [2.05, 4.69) is 19.2 Å². The molecule has 0 aliphatic carbocycles. The van der Waals surface area contributed by atoms with Crippen molar-refractivity contribution in [2.24, 2.45) is 5.41 Å². The van der Waals surface area contributed by atoms with Gasteiger partial charge in [0.2, 0.25) is 0 Å². The third-order valence-corrected chi connectivity index (χ3v) is 2.50. The van der Waals surface area contributed by atoms with Crippen molar-refractivity contribution in [1.82, 2.24) is 5.32 Å². The van der Waals surface area contributed by atoms with E-state index in [1.807, 2.05) is 0 Å². The molecule has 0 aromatic carbocycles. The molecule has 2 nitrogen and oxygen atoms in total. The minimum absolute atomic E-state index is 0.494. The van der Waals surface area contributed by atoms with E-state index in [0.717, 1.165) is 26.3 Å². The third-order valence-electron chi connectivity index (χ3n) is 2.50. The molecule has 1 aliphatic heterocycles. The Bertz CT molecular complexity index is 108. The summed E-state index contributed by atoms with van der Waals surface area (Å²) in [4.78, 5) is 0. The molecule has 1 aliphatic rings. The largest absolute Gasteiger partial charge is 0.381 e.